The molecule has 0 saturated carbocycles. The number of rotatable bonds is 2. The van der Waals surface area contributed by atoms with Gasteiger partial charge in [0.05, 0.1) is 16.8 Å². The number of nitrogen functional groups attached to an aromatic ring is 1. The highest BCUT2D eigenvalue weighted by Crippen LogP contribution is 2.44. The average molecular weight is 329 g/mol. The van der Waals surface area contributed by atoms with Crippen LogP contribution in [0.4, 0.5) is 5.82 Å². The molecule has 0 bridgehead atoms. The van der Waals surface area contributed by atoms with Crippen molar-refractivity contribution in [1.82, 2.24) is 9.55 Å². The molecule has 0 radical (unpaired) electrons. The van der Waals surface area contributed by atoms with Gasteiger partial charge in [0, 0.05) is 24.0 Å². The fraction of sp³-hybridized carbons (Fsp3) is 0.250. The summed E-state index contributed by atoms with van der Waals surface area (Å²) in [5, 5.41) is 19.0. The van der Waals surface area contributed by atoms with Gasteiger partial charge in [-0.05, 0) is 62.1 Å². The van der Waals surface area contributed by atoms with Gasteiger partial charge < -0.3 is 10.3 Å². The minimum absolute atomic E-state index is 0.173. The molecule has 124 valence electrons. The van der Waals surface area contributed by atoms with Crippen molar-refractivity contribution in [1.29, 1.82) is 10.5 Å². The van der Waals surface area contributed by atoms with Gasteiger partial charge >= 0.3 is 0 Å². The first-order valence-corrected chi connectivity index (χ1v) is 8.10. The second-order valence-corrected chi connectivity index (χ2v) is 6.49. The van der Waals surface area contributed by atoms with Crippen LogP contribution in [0.25, 0.3) is 17.2 Å². The molecule has 0 atom stereocenters. The summed E-state index contributed by atoms with van der Waals surface area (Å²) in [6.07, 6.45) is 6.15. The lowest BCUT2D eigenvalue weighted by atomic mass is 9.96. The Balaban J connectivity index is 2.26. The van der Waals surface area contributed by atoms with Crippen molar-refractivity contribution in [2.75, 3.05) is 5.73 Å². The van der Waals surface area contributed by atoms with Gasteiger partial charge in [-0.15, -0.1) is 0 Å². The molecule has 2 aromatic rings. The Kier molecular flexibility index (Phi) is 3.94. The fourth-order valence-corrected chi connectivity index (χ4v) is 3.20. The van der Waals surface area contributed by atoms with Crippen LogP contribution in [-0.4, -0.2) is 9.55 Å². The monoisotopic (exact) mass is 329 g/mol. The molecular weight excluding hydrogens is 310 g/mol. The predicted octanol–water partition coefficient (Wildman–Crippen LogP) is 4.08. The molecule has 1 aliphatic carbocycles. The minimum atomic E-state index is 0.173. The van der Waals surface area contributed by atoms with Crippen molar-refractivity contribution in [3.63, 3.8) is 0 Å². The Morgan fingerprint density at radius 2 is 1.96 bits per heavy atom. The van der Waals surface area contributed by atoms with Crippen LogP contribution < -0.4 is 5.73 Å². The second kappa shape index (κ2) is 5.96. The Morgan fingerprint density at radius 3 is 2.52 bits per heavy atom. The standard InChI is InChI=1S/C20H19N5/c1-11(2)25-6-5-14(10-25)7-15-12(3)16(8-21)19-18(15)13(4)17(9-22)20(23)24-19/h5-7,10-11H,1-4H3,(H2,23,24)/b15-7+. The highest BCUT2D eigenvalue weighted by Gasteiger charge is 2.29. The second-order valence-electron chi connectivity index (χ2n) is 6.49. The number of nitrogens with two attached hydrogens (primary N) is 1. The number of fused-ring (bicyclic) bond motifs is 1. The van der Waals surface area contributed by atoms with Crippen LogP contribution in [0.2, 0.25) is 0 Å². The molecule has 0 aromatic carbocycles. The van der Waals surface area contributed by atoms with E-state index in [4.69, 9.17) is 5.73 Å². The van der Waals surface area contributed by atoms with E-state index in [1.165, 1.54) is 0 Å². The molecule has 5 nitrogen and oxygen atoms in total. The maximum Gasteiger partial charge on any atom is 0.142 e. The van der Waals surface area contributed by atoms with E-state index >= 15 is 0 Å². The summed E-state index contributed by atoms with van der Waals surface area (Å²) in [6.45, 7) is 8.01. The van der Waals surface area contributed by atoms with E-state index in [0.29, 0.717) is 22.9 Å². The third kappa shape index (κ3) is 2.51. The van der Waals surface area contributed by atoms with Crippen LogP contribution in [0.3, 0.4) is 0 Å². The largest absolute Gasteiger partial charge is 0.383 e. The summed E-state index contributed by atoms with van der Waals surface area (Å²) in [5.74, 6) is 0.173. The van der Waals surface area contributed by atoms with Crippen LogP contribution in [0.5, 0.6) is 0 Å². The van der Waals surface area contributed by atoms with Gasteiger partial charge in [0.25, 0.3) is 0 Å². The lowest BCUT2D eigenvalue weighted by Crippen LogP contribution is -2.03. The van der Waals surface area contributed by atoms with Crippen molar-refractivity contribution in [3.8, 4) is 12.1 Å². The van der Waals surface area contributed by atoms with Crippen molar-refractivity contribution in [3.05, 3.63) is 52.0 Å². The van der Waals surface area contributed by atoms with Crippen LogP contribution >= 0.6 is 0 Å². The Bertz CT molecular complexity index is 1020. The van der Waals surface area contributed by atoms with Gasteiger partial charge in [-0.25, -0.2) is 4.98 Å². The van der Waals surface area contributed by atoms with Gasteiger partial charge in [0.2, 0.25) is 0 Å². The third-order valence-corrected chi connectivity index (χ3v) is 4.63. The quantitative estimate of drug-likeness (QED) is 0.898. The normalized spacial score (nSPS) is 14.8. The van der Waals surface area contributed by atoms with Crippen molar-refractivity contribution < 1.29 is 0 Å². The predicted molar refractivity (Wildman–Crippen MR) is 99.0 cm³/mol. The smallest absolute Gasteiger partial charge is 0.142 e. The Morgan fingerprint density at radius 1 is 1.24 bits per heavy atom. The first kappa shape index (κ1) is 16.5. The van der Waals surface area contributed by atoms with E-state index in [9.17, 15) is 10.5 Å². The fourth-order valence-electron chi connectivity index (χ4n) is 3.20. The van der Waals surface area contributed by atoms with Gasteiger partial charge in [0.15, 0.2) is 0 Å². The van der Waals surface area contributed by atoms with Gasteiger partial charge in [0.1, 0.15) is 18.0 Å². The summed E-state index contributed by atoms with van der Waals surface area (Å²) in [5.41, 5.74) is 11.8. The summed E-state index contributed by atoms with van der Waals surface area (Å²) in [6, 6.07) is 6.77. The van der Waals surface area contributed by atoms with E-state index in [2.05, 4.69) is 41.7 Å². The van der Waals surface area contributed by atoms with Gasteiger partial charge in [-0.1, -0.05) is 0 Å². The summed E-state index contributed by atoms with van der Waals surface area (Å²) < 4.78 is 2.13. The minimum Gasteiger partial charge on any atom is -0.383 e. The zero-order valence-electron chi connectivity index (χ0n) is 14.8. The molecule has 25 heavy (non-hydrogen) atoms. The van der Waals surface area contributed by atoms with Gasteiger partial charge in [-0.3, -0.25) is 0 Å². The number of nitrogens with zero attached hydrogens (tertiary/aromatic N) is 4. The number of anilines is 1. The lowest BCUT2D eigenvalue weighted by Gasteiger charge is -2.10. The molecule has 0 amide bonds. The average Bonchev–Trinajstić information content (AvgIpc) is 3.12. The van der Waals surface area contributed by atoms with E-state index in [-0.39, 0.29) is 5.82 Å². The van der Waals surface area contributed by atoms with E-state index in [1.807, 2.05) is 32.2 Å². The molecule has 2 heterocycles. The maximum absolute atomic E-state index is 9.57. The number of pyridine rings is 1. The third-order valence-electron chi connectivity index (χ3n) is 4.63. The van der Waals surface area contributed by atoms with Crippen LogP contribution in [0.1, 0.15) is 54.8 Å². The lowest BCUT2D eigenvalue weighted by molar-refractivity contribution is 0.603. The molecule has 0 saturated heterocycles. The number of allylic oxidation sites excluding steroid dienone is 3. The molecule has 3 rings (SSSR count). The zero-order chi connectivity index (χ0) is 18.3. The molecule has 0 fully saturated rings. The van der Waals surface area contributed by atoms with Crippen molar-refractivity contribution >= 4 is 23.0 Å². The molecule has 0 unspecified atom stereocenters. The number of hydrogen-bond donors (Lipinski definition) is 1. The van der Waals surface area contributed by atoms with Crippen molar-refractivity contribution in [2.24, 2.45) is 0 Å². The van der Waals surface area contributed by atoms with Crippen molar-refractivity contribution in [2.45, 2.75) is 33.7 Å². The molecule has 0 aliphatic heterocycles. The molecule has 2 N–H and O–H groups in total. The Labute approximate surface area is 147 Å². The number of hydrogen-bond acceptors (Lipinski definition) is 4. The first-order chi connectivity index (χ1) is 11.9. The van der Waals surface area contributed by atoms with E-state index in [1.54, 1.807) is 0 Å². The first-order valence-electron chi connectivity index (χ1n) is 8.10. The summed E-state index contributed by atoms with van der Waals surface area (Å²) >= 11 is 0. The van der Waals surface area contributed by atoms with E-state index < -0.39 is 0 Å². The van der Waals surface area contributed by atoms with Crippen LogP contribution in [-0.2, 0) is 0 Å². The highest BCUT2D eigenvalue weighted by atomic mass is 15.0. The topological polar surface area (TPSA) is 91.4 Å². The molecule has 1 aliphatic rings. The van der Waals surface area contributed by atoms with Crippen LogP contribution in [0.15, 0.2) is 24.0 Å². The zero-order valence-corrected chi connectivity index (χ0v) is 14.8. The van der Waals surface area contributed by atoms with Crippen LogP contribution in [0, 0.1) is 29.6 Å². The molecule has 5 heteroatoms. The Hall–Kier alpha value is -3.31. The maximum atomic E-state index is 9.57. The number of nitriles is 2. The summed E-state index contributed by atoms with van der Waals surface area (Å²) in [7, 11) is 0. The molecule has 2 aromatic heterocycles. The SMILES string of the molecule is CC1=C(C#N)c2nc(N)c(C#N)c(C)c2/C1=C/c1ccn(C(C)C)c1. The highest BCUT2D eigenvalue weighted by molar-refractivity contribution is 6.08. The molecule has 0 spiro atoms. The number of aromatic nitrogens is 2. The molecular formula is C20H19N5. The van der Waals surface area contributed by atoms with E-state index in [0.717, 1.165) is 27.8 Å². The summed E-state index contributed by atoms with van der Waals surface area (Å²) in [4.78, 5) is 4.34. The van der Waals surface area contributed by atoms with Gasteiger partial charge in [-0.2, -0.15) is 10.5 Å².